The van der Waals surface area contributed by atoms with Gasteiger partial charge in [-0.15, -0.1) is 34.0 Å². The SMILES string of the molecule is C.COC(=O)c1ccc(Cl)cc1N.COC(=O)c1ccc(Cl)cc1NC(=O)c1cc2ccccc2s1.O=C(Cl)c1cc2ccccc2s1.O=C(Nc1cc(Cl)ccc1C(=O)O)c1cc2ccccc2s1. The van der Waals surface area contributed by atoms with Crippen LogP contribution in [0, 0.1) is 0 Å². The van der Waals surface area contributed by atoms with Gasteiger partial charge in [-0.2, -0.15) is 0 Å². The molecule has 0 saturated carbocycles. The van der Waals surface area contributed by atoms with Crippen LogP contribution in [0.15, 0.2) is 146 Å². The molecule has 9 rings (SSSR count). The van der Waals surface area contributed by atoms with Crippen molar-refractivity contribution in [1.29, 1.82) is 0 Å². The molecule has 0 unspecified atom stereocenters. The highest BCUT2D eigenvalue weighted by atomic mass is 35.5. The van der Waals surface area contributed by atoms with Crippen LogP contribution in [-0.2, 0) is 9.47 Å². The maximum atomic E-state index is 12.5. The molecule has 12 nitrogen and oxygen atoms in total. The lowest BCUT2D eigenvalue weighted by molar-refractivity contribution is 0.0593. The number of fused-ring (bicyclic) bond motifs is 3. The zero-order valence-corrected chi connectivity index (χ0v) is 41.4. The minimum absolute atomic E-state index is 0. The van der Waals surface area contributed by atoms with Gasteiger partial charge in [-0.25, -0.2) is 14.4 Å². The minimum atomic E-state index is -1.12. The second-order valence-corrected chi connectivity index (χ2v) is 18.9. The van der Waals surface area contributed by atoms with Crippen LogP contribution >= 0.6 is 80.4 Å². The van der Waals surface area contributed by atoms with E-state index in [0.717, 1.165) is 30.3 Å². The van der Waals surface area contributed by atoms with Gasteiger partial charge >= 0.3 is 17.9 Å². The van der Waals surface area contributed by atoms with E-state index >= 15 is 0 Å². The van der Waals surface area contributed by atoms with Gasteiger partial charge in [-0.1, -0.05) is 96.8 Å². The number of rotatable bonds is 8. The number of carboxylic acids is 1. The highest BCUT2D eigenvalue weighted by molar-refractivity contribution is 7.22. The minimum Gasteiger partial charge on any atom is -0.478 e. The molecule has 70 heavy (non-hydrogen) atoms. The predicted octanol–water partition coefficient (Wildman–Crippen LogP) is 14.7. The number of halogens is 4. The van der Waals surface area contributed by atoms with E-state index in [4.69, 9.17) is 62.0 Å². The van der Waals surface area contributed by atoms with Gasteiger partial charge in [0, 0.05) is 34.9 Å². The van der Waals surface area contributed by atoms with Gasteiger partial charge in [0.1, 0.15) is 0 Å². The third-order valence-corrected chi connectivity index (χ3v) is 13.8. The first-order chi connectivity index (χ1) is 33.0. The number of methoxy groups -OCH3 is 2. The van der Waals surface area contributed by atoms with Gasteiger partial charge in [-0.05, 0) is 119 Å². The summed E-state index contributed by atoms with van der Waals surface area (Å²) in [6.45, 7) is 0. The number of carbonyl (C=O) groups excluding carboxylic acids is 5. The average molecular weight is 1080 g/mol. The fourth-order valence-electron chi connectivity index (χ4n) is 6.18. The van der Waals surface area contributed by atoms with Crippen LogP contribution in [0.3, 0.4) is 0 Å². The molecular weight excluding hydrogens is 1040 g/mol. The lowest BCUT2D eigenvalue weighted by Gasteiger charge is -2.09. The number of anilines is 3. The van der Waals surface area contributed by atoms with Gasteiger partial charge < -0.3 is 30.9 Å². The number of carbonyl (C=O) groups is 6. The van der Waals surface area contributed by atoms with Gasteiger partial charge in [0.2, 0.25) is 0 Å². The zero-order valence-electron chi connectivity index (χ0n) is 35.9. The topological polar surface area (TPSA) is 191 Å². The molecule has 9 aromatic rings. The van der Waals surface area contributed by atoms with E-state index in [2.05, 4.69) is 15.4 Å². The van der Waals surface area contributed by atoms with Crippen molar-refractivity contribution < 1.29 is 43.3 Å². The summed E-state index contributed by atoms with van der Waals surface area (Å²) in [4.78, 5) is 71.3. The molecular formula is C51H39Cl4N3O9S3. The Labute approximate surface area is 433 Å². The molecule has 3 aromatic heterocycles. The molecule has 0 atom stereocenters. The third kappa shape index (κ3) is 14.1. The Bertz CT molecular complexity index is 3290. The Morgan fingerprint density at radius 1 is 0.500 bits per heavy atom. The summed E-state index contributed by atoms with van der Waals surface area (Å²) in [7, 11) is 2.59. The quantitative estimate of drug-likeness (QED) is 0.0647. The van der Waals surface area contributed by atoms with Crippen LogP contribution < -0.4 is 16.4 Å². The molecule has 19 heteroatoms. The van der Waals surface area contributed by atoms with E-state index in [9.17, 15) is 28.8 Å². The van der Waals surface area contributed by atoms with Crippen molar-refractivity contribution in [3.63, 3.8) is 0 Å². The number of benzene rings is 6. The Balaban J connectivity index is 0.000000180. The average Bonchev–Trinajstić information content (AvgIpc) is 4.10. The number of nitrogens with two attached hydrogens (primary N) is 1. The molecule has 0 fully saturated rings. The van der Waals surface area contributed by atoms with E-state index < -0.39 is 17.9 Å². The molecule has 0 aliphatic carbocycles. The Morgan fingerprint density at radius 3 is 1.26 bits per heavy atom. The van der Waals surface area contributed by atoms with E-state index in [1.807, 2.05) is 84.9 Å². The predicted molar refractivity (Wildman–Crippen MR) is 287 cm³/mol. The second-order valence-electron chi connectivity index (χ2n) is 14.0. The number of hydrogen-bond donors (Lipinski definition) is 4. The number of nitrogens with one attached hydrogen (secondary N) is 2. The third-order valence-electron chi connectivity index (χ3n) is 9.43. The highest BCUT2D eigenvalue weighted by Gasteiger charge is 2.18. The molecule has 0 spiro atoms. The number of ether oxygens (including phenoxy) is 2. The summed E-state index contributed by atoms with van der Waals surface area (Å²) in [6, 6.07) is 42.2. The smallest absolute Gasteiger partial charge is 0.339 e. The maximum Gasteiger partial charge on any atom is 0.339 e. The maximum absolute atomic E-state index is 12.5. The first-order valence-corrected chi connectivity index (χ1v) is 23.8. The Kier molecular flexibility index (Phi) is 19.5. The molecule has 0 aliphatic rings. The van der Waals surface area contributed by atoms with Crippen LogP contribution in [0.4, 0.5) is 17.1 Å². The first kappa shape index (κ1) is 54.1. The second kappa shape index (κ2) is 25.2. The number of carboxylic acid groups (broad SMARTS) is 1. The van der Waals surface area contributed by atoms with E-state index in [0.29, 0.717) is 46.6 Å². The molecule has 358 valence electrons. The number of amides is 2. The van der Waals surface area contributed by atoms with Crippen LogP contribution in [0.2, 0.25) is 15.1 Å². The molecule has 2 amide bonds. The Hall–Kier alpha value is -6.82. The molecule has 0 saturated heterocycles. The highest BCUT2D eigenvalue weighted by Crippen LogP contribution is 2.30. The molecule has 0 aliphatic heterocycles. The van der Waals surface area contributed by atoms with Crippen LogP contribution in [-0.4, -0.2) is 54.3 Å². The summed E-state index contributed by atoms with van der Waals surface area (Å²) in [5.74, 6) is -2.76. The Morgan fingerprint density at radius 2 is 0.857 bits per heavy atom. The number of nitrogen functional groups attached to an aromatic ring is 1. The summed E-state index contributed by atoms with van der Waals surface area (Å²) in [5, 5.41) is 18.5. The normalized spacial score (nSPS) is 10.2. The lowest BCUT2D eigenvalue weighted by atomic mass is 10.1. The monoisotopic (exact) mass is 1070 g/mol. The van der Waals surface area contributed by atoms with E-state index in [-0.39, 0.29) is 41.3 Å². The molecule has 0 radical (unpaired) electrons. The summed E-state index contributed by atoms with van der Waals surface area (Å²) < 4.78 is 12.3. The van der Waals surface area contributed by atoms with Crippen LogP contribution in [0.25, 0.3) is 30.3 Å². The number of esters is 2. The summed E-state index contributed by atoms with van der Waals surface area (Å²) >= 11 is 27.0. The van der Waals surface area contributed by atoms with Crippen molar-refractivity contribution in [2.24, 2.45) is 0 Å². The number of hydrogen-bond acceptors (Lipinski definition) is 12. The largest absolute Gasteiger partial charge is 0.478 e. The molecule has 3 heterocycles. The van der Waals surface area contributed by atoms with Gasteiger partial charge in [0.25, 0.3) is 17.1 Å². The molecule has 6 aromatic carbocycles. The van der Waals surface area contributed by atoms with Crippen molar-refractivity contribution >= 4 is 163 Å². The number of aromatic carboxylic acids is 1. The zero-order chi connectivity index (χ0) is 49.8. The summed E-state index contributed by atoms with van der Waals surface area (Å²) in [5.41, 5.74) is 6.94. The number of thiophene rings is 3. The standard InChI is InChI=1S/C17H12ClNO3S.C16H10ClNO3S.C9H5ClOS.C8H8ClNO2.CH4/c1-22-17(21)12-7-6-11(18)9-13(12)19-16(20)15-8-10-4-2-3-5-14(10)23-15;17-10-5-6-11(16(20)21)12(8-10)18-15(19)14-7-9-3-1-2-4-13(9)22-14;10-9(11)8-5-6-3-1-2-4-7(6)12-8;1-12-8(11)6-3-2-5(9)4-7(6)10;/h2-9H,1H3,(H,19,20);1-8H,(H,18,19)(H,20,21);1-5H;2-4H,10H2,1H3;1H4. The summed E-state index contributed by atoms with van der Waals surface area (Å²) in [6.07, 6.45) is 0. The van der Waals surface area contributed by atoms with Crippen LogP contribution in [0.5, 0.6) is 0 Å². The van der Waals surface area contributed by atoms with E-state index in [1.54, 1.807) is 18.2 Å². The first-order valence-electron chi connectivity index (χ1n) is 19.9. The van der Waals surface area contributed by atoms with Crippen molar-refractivity contribution in [3.05, 3.63) is 192 Å². The molecule has 5 N–H and O–H groups in total. The van der Waals surface area contributed by atoms with Gasteiger partial charge in [-0.3, -0.25) is 14.4 Å². The van der Waals surface area contributed by atoms with Gasteiger partial charge in [0.05, 0.1) is 56.9 Å². The van der Waals surface area contributed by atoms with Crippen molar-refractivity contribution in [1.82, 2.24) is 0 Å². The van der Waals surface area contributed by atoms with Crippen molar-refractivity contribution in [2.45, 2.75) is 7.43 Å². The van der Waals surface area contributed by atoms with E-state index in [1.165, 1.54) is 90.7 Å². The van der Waals surface area contributed by atoms with Crippen molar-refractivity contribution in [3.8, 4) is 0 Å². The van der Waals surface area contributed by atoms with Crippen molar-refractivity contribution in [2.75, 3.05) is 30.6 Å². The fraction of sp³-hybridized carbons (Fsp3) is 0.0588. The van der Waals surface area contributed by atoms with Crippen LogP contribution in [0.1, 0.15) is 67.5 Å². The lowest BCUT2D eigenvalue weighted by Crippen LogP contribution is -2.14. The van der Waals surface area contributed by atoms with Gasteiger partial charge in [0.15, 0.2) is 0 Å². The fourth-order valence-corrected chi connectivity index (χ4v) is 9.68. The molecule has 0 bridgehead atoms.